The Bertz CT molecular complexity index is 638. The van der Waals surface area contributed by atoms with Crippen LogP contribution in [0.5, 0.6) is 0 Å². The van der Waals surface area contributed by atoms with E-state index in [2.05, 4.69) is 11.8 Å². The minimum atomic E-state index is -0.805. The second kappa shape index (κ2) is 5.76. The van der Waals surface area contributed by atoms with Crippen LogP contribution in [0.4, 0.5) is 0 Å². The van der Waals surface area contributed by atoms with Crippen molar-refractivity contribution in [1.82, 2.24) is 4.90 Å². The van der Waals surface area contributed by atoms with Crippen LogP contribution in [0.15, 0.2) is 24.3 Å². The molecule has 3 rings (SSSR count). The lowest BCUT2D eigenvalue weighted by Crippen LogP contribution is -2.36. The lowest BCUT2D eigenvalue weighted by Gasteiger charge is -2.30. The van der Waals surface area contributed by atoms with Crippen LogP contribution in [0, 0.1) is 0 Å². The number of fused-ring (bicyclic) bond motifs is 1. The molecule has 3 nitrogen and oxygen atoms in total. The number of rotatable bonds is 3. The van der Waals surface area contributed by atoms with E-state index in [4.69, 9.17) is 0 Å². The van der Waals surface area contributed by atoms with E-state index in [0.717, 1.165) is 41.0 Å². The van der Waals surface area contributed by atoms with Gasteiger partial charge in [0, 0.05) is 35.3 Å². The van der Waals surface area contributed by atoms with Gasteiger partial charge in [-0.3, -0.25) is 4.90 Å². The van der Waals surface area contributed by atoms with Gasteiger partial charge in [-0.25, -0.2) is 4.79 Å². The third kappa shape index (κ3) is 2.71. The highest BCUT2D eigenvalue weighted by Gasteiger charge is 2.22. The fourth-order valence-electron chi connectivity index (χ4n) is 2.69. The van der Waals surface area contributed by atoms with Gasteiger partial charge in [-0.05, 0) is 17.0 Å². The Balaban J connectivity index is 1.96. The van der Waals surface area contributed by atoms with Crippen molar-refractivity contribution in [3.8, 4) is 0 Å². The van der Waals surface area contributed by atoms with Crippen molar-refractivity contribution in [2.75, 3.05) is 18.8 Å². The highest BCUT2D eigenvalue weighted by atomic mass is 32.2. The summed E-state index contributed by atoms with van der Waals surface area (Å²) >= 11 is 3.38. The summed E-state index contributed by atoms with van der Waals surface area (Å²) in [7, 11) is 0. The van der Waals surface area contributed by atoms with E-state index in [0.29, 0.717) is 10.1 Å². The normalized spacial score (nSPS) is 20.4. The fraction of sp³-hybridized carbons (Fsp3) is 0.400. The minimum absolute atomic E-state index is 0.497. The van der Waals surface area contributed by atoms with Gasteiger partial charge in [0.15, 0.2) is 0 Å². The highest BCUT2D eigenvalue weighted by molar-refractivity contribution is 7.99. The molecule has 5 heteroatoms. The molecule has 1 aromatic carbocycles. The molecule has 20 heavy (non-hydrogen) atoms. The predicted octanol–water partition coefficient (Wildman–Crippen LogP) is 3.54. The Hall–Kier alpha value is -1.04. The van der Waals surface area contributed by atoms with Crippen LogP contribution in [0.1, 0.15) is 22.2 Å². The molecule has 2 aromatic rings. The van der Waals surface area contributed by atoms with E-state index < -0.39 is 5.97 Å². The summed E-state index contributed by atoms with van der Waals surface area (Å²) in [5, 5.41) is 11.2. The molecule has 106 valence electrons. The smallest absolute Gasteiger partial charge is 0.346 e. The van der Waals surface area contributed by atoms with Gasteiger partial charge in [0.25, 0.3) is 0 Å². The van der Waals surface area contributed by atoms with Crippen molar-refractivity contribution in [1.29, 1.82) is 0 Å². The topological polar surface area (TPSA) is 40.5 Å². The lowest BCUT2D eigenvalue weighted by molar-refractivity contribution is 0.0700. The molecule has 0 aliphatic carbocycles. The number of aromatic carboxylic acids is 1. The number of thioether (sulfide) groups is 1. The standard InChI is InChI=1S/C15H17NO2S2/c1-10-8-16(6-7-19-10)9-12-11-4-2-3-5-13(11)20-14(12)15(17)18/h2-5,10H,6-9H2,1H3,(H,17,18)/t10-/m1/s1. The number of thiophene rings is 1. The molecule has 1 atom stereocenters. The van der Waals surface area contributed by atoms with Gasteiger partial charge < -0.3 is 5.11 Å². The first-order valence-corrected chi connectivity index (χ1v) is 8.59. The largest absolute Gasteiger partial charge is 0.477 e. The van der Waals surface area contributed by atoms with Crippen molar-refractivity contribution >= 4 is 39.2 Å². The van der Waals surface area contributed by atoms with Crippen molar-refractivity contribution < 1.29 is 9.90 Å². The number of carboxylic acids is 1. The maximum absolute atomic E-state index is 11.5. The first-order valence-electron chi connectivity index (χ1n) is 6.73. The number of carbonyl (C=O) groups is 1. The Morgan fingerprint density at radius 1 is 1.45 bits per heavy atom. The molecule has 1 saturated heterocycles. The zero-order valence-electron chi connectivity index (χ0n) is 11.3. The molecule has 1 aromatic heterocycles. The average Bonchev–Trinajstić information content (AvgIpc) is 2.78. The number of carboxylic acid groups (broad SMARTS) is 1. The molecule has 1 aliphatic heterocycles. The zero-order valence-corrected chi connectivity index (χ0v) is 13.0. The van der Waals surface area contributed by atoms with E-state index in [9.17, 15) is 9.90 Å². The molecule has 0 bridgehead atoms. The van der Waals surface area contributed by atoms with E-state index in [1.54, 1.807) is 0 Å². The van der Waals surface area contributed by atoms with Crippen molar-refractivity contribution in [2.45, 2.75) is 18.7 Å². The third-order valence-corrected chi connectivity index (χ3v) is 5.94. The van der Waals surface area contributed by atoms with Gasteiger partial charge in [0.05, 0.1) is 0 Å². The summed E-state index contributed by atoms with van der Waals surface area (Å²) in [5.41, 5.74) is 0.984. The highest BCUT2D eigenvalue weighted by Crippen LogP contribution is 2.33. The molecular formula is C15H17NO2S2. The second-order valence-corrected chi connectivity index (χ2v) is 7.73. The summed E-state index contributed by atoms with van der Waals surface area (Å²) in [6, 6.07) is 7.99. The summed E-state index contributed by atoms with van der Waals surface area (Å²) < 4.78 is 1.07. The Morgan fingerprint density at radius 2 is 2.25 bits per heavy atom. The molecule has 1 N–H and O–H groups in total. The molecule has 0 saturated carbocycles. The summed E-state index contributed by atoms with van der Waals surface area (Å²) in [6.45, 7) is 5.06. The molecule has 1 aliphatic rings. The van der Waals surface area contributed by atoms with E-state index >= 15 is 0 Å². The van der Waals surface area contributed by atoms with Crippen LogP contribution in [-0.4, -0.2) is 40.1 Å². The minimum Gasteiger partial charge on any atom is -0.477 e. The van der Waals surface area contributed by atoms with E-state index in [1.165, 1.54) is 11.3 Å². The van der Waals surface area contributed by atoms with Gasteiger partial charge in [-0.15, -0.1) is 11.3 Å². The predicted molar refractivity (Wildman–Crippen MR) is 86.0 cm³/mol. The SMILES string of the molecule is C[C@@H]1CN(Cc2c(C(=O)O)sc3ccccc23)CCS1. The molecule has 2 heterocycles. The first-order chi connectivity index (χ1) is 9.65. The summed E-state index contributed by atoms with van der Waals surface area (Å²) in [5.74, 6) is 0.326. The summed E-state index contributed by atoms with van der Waals surface area (Å²) in [6.07, 6.45) is 0. The van der Waals surface area contributed by atoms with E-state index in [1.807, 2.05) is 36.0 Å². The number of hydrogen-bond donors (Lipinski definition) is 1. The molecule has 0 radical (unpaired) electrons. The lowest BCUT2D eigenvalue weighted by atomic mass is 10.1. The molecule has 0 spiro atoms. The van der Waals surface area contributed by atoms with Gasteiger partial charge in [-0.1, -0.05) is 25.1 Å². The fourth-order valence-corrected chi connectivity index (χ4v) is 4.82. The van der Waals surface area contributed by atoms with Gasteiger partial charge in [0.1, 0.15) is 4.88 Å². The van der Waals surface area contributed by atoms with Crippen LogP contribution >= 0.6 is 23.1 Å². The third-order valence-electron chi connectivity index (χ3n) is 3.60. The molecule has 1 fully saturated rings. The monoisotopic (exact) mass is 307 g/mol. The molecule has 0 unspecified atom stereocenters. The van der Waals surface area contributed by atoms with E-state index in [-0.39, 0.29) is 0 Å². The Kier molecular flexibility index (Phi) is 4.01. The Labute approximate surface area is 126 Å². The van der Waals surface area contributed by atoms with Crippen molar-refractivity contribution in [3.05, 3.63) is 34.7 Å². The maximum atomic E-state index is 11.5. The van der Waals surface area contributed by atoms with Crippen molar-refractivity contribution in [3.63, 3.8) is 0 Å². The Morgan fingerprint density at radius 3 is 3.00 bits per heavy atom. The number of nitrogens with zero attached hydrogens (tertiary/aromatic N) is 1. The van der Waals surface area contributed by atoms with Crippen molar-refractivity contribution in [2.24, 2.45) is 0 Å². The molecular weight excluding hydrogens is 290 g/mol. The quantitative estimate of drug-likeness (QED) is 0.941. The van der Waals surface area contributed by atoms with Crippen LogP contribution in [-0.2, 0) is 6.54 Å². The summed E-state index contributed by atoms with van der Waals surface area (Å²) in [4.78, 5) is 14.4. The number of benzene rings is 1. The second-order valence-electron chi connectivity index (χ2n) is 5.13. The average molecular weight is 307 g/mol. The van der Waals surface area contributed by atoms with Crippen LogP contribution in [0.2, 0.25) is 0 Å². The van der Waals surface area contributed by atoms with Crippen LogP contribution in [0.25, 0.3) is 10.1 Å². The maximum Gasteiger partial charge on any atom is 0.346 e. The van der Waals surface area contributed by atoms with Crippen LogP contribution in [0.3, 0.4) is 0 Å². The zero-order chi connectivity index (χ0) is 14.1. The number of hydrogen-bond acceptors (Lipinski definition) is 4. The molecule has 0 amide bonds. The van der Waals surface area contributed by atoms with Gasteiger partial charge in [0.2, 0.25) is 0 Å². The van der Waals surface area contributed by atoms with Crippen LogP contribution < -0.4 is 0 Å². The van der Waals surface area contributed by atoms with Gasteiger partial charge >= 0.3 is 5.97 Å². The van der Waals surface area contributed by atoms with Gasteiger partial charge in [-0.2, -0.15) is 11.8 Å². The first kappa shape index (κ1) is 13.9.